The number of rotatable bonds is 2. The third kappa shape index (κ3) is 2.99. The largest absolute Gasteiger partial charge is 0.504 e. The minimum Gasteiger partial charge on any atom is -0.504 e. The maximum absolute atomic E-state index is 12.6. The first kappa shape index (κ1) is 25.0. The van der Waals surface area contributed by atoms with Gasteiger partial charge >= 0.3 is 5.97 Å². The Morgan fingerprint density at radius 2 is 1.67 bits per heavy atom. The number of hydrogen-bond donors (Lipinski definition) is 3. The number of carbonyl (C=O) groups excluding carboxylic acids is 2. The summed E-state index contributed by atoms with van der Waals surface area (Å²) in [6.07, 6.45) is 11.3. The number of carboxylic acid groups (broad SMARTS) is 1. The van der Waals surface area contributed by atoms with Gasteiger partial charge in [0.05, 0.1) is 0 Å². The van der Waals surface area contributed by atoms with Crippen LogP contribution in [0.3, 0.4) is 0 Å². The molecule has 0 aromatic rings. The van der Waals surface area contributed by atoms with Gasteiger partial charge in [-0.1, -0.05) is 45.4 Å². The van der Waals surface area contributed by atoms with Gasteiger partial charge in [0.2, 0.25) is 11.7 Å². The lowest BCUT2D eigenvalue weighted by Crippen LogP contribution is -2.66. The number of carboxylic acids is 1. The van der Waals surface area contributed by atoms with Crippen molar-refractivity contribution in [3.05, 3.63) is 46.3 Å². The number of carbonyl (C=O) groups is 3. The van der Waals surface area contributed by atoms with Crippen LogP contribution < -0.4 is 5.32 Å². The molecule has 194 valence electrons. The Hall–Kier alpha value is -2.63. The van der Waals surface area contributed by atoms with E-state index in [1.54, 1.807) is 6.08 Å². The minimum absolute atomic E-state index is 0.0147. The second kappa shape index (κ2) is 7.45. The summed E-state index contributed by atoms with van der Waals surface area (Å²) in [5.41, 5.74) is 2.00. The molecule has 5 rings (SSSR count). The molecule has 36 heavy (non-hydrogen) atoms. The van der Waals surface area contributed by atoms with E-state index in [2.05, 4.69) is 45.2 Å². The predicted octanol–water partition coefficient (Wildman–Crippen LogP) is 5.57. The lowest BCUT2D eigenvalue weighted by atomic mass is 9.35. The molecule has 3 fully saturated rings. The summed E-state index contributed by atoms with van der Waals surface area (Å²) in [6.45, 7) is 12.5. The number of amides is 1. The molecule has 0 unspecified atom stereocenters. The smallest absolute Gasteiger partial charge is 0.329 e. The minimum atomic E-state index is -1.23. The molecule has 6 heteroatoms. The summed E-state index contributed by atoms with van der Waals surface area (Å²) in [5, 5.41) is 23.4. The Balaban J connectivity index is 1.63. The third-order valence-corrected chi connectivity index (χ3v) is 11.5. The predicted molar refractivity (Wildman–Crippen MR) is 137 cm³/mol. The van der Waals surface area contributed by atoms with Gasteiger partial charge in [0.1, 0.15) is 5.54 Å². The highest BCUT2D eigenvalue weighted by molar-refractivity contribution is 6.06. The van der Waals surface area contributed by atoms with Crippen LogP contribution in [0.4, 0.5) is 0 Å². The molecule has 0 heterocycles. The zero-order valence-electron chi connectivity index (χ0n) is 22.4. The maximum Gasteiger partial charge on any atom is 0.329 e. The van der Waals surface area contributed by atoms with E-state index >= 15 is 0 Å². The van der Waals surface area contributed by atoms with Crippen molar-refractivity contribution in [2.45, 2.75) is 92.0 Å². The van der Waals surface area contributed by atoms with Crippen molar-refractivity contribution in [3.8, 4) is 0 Å². The van der Waals surface area contributed by atoms with Crippen LogP contribution in [0, 0.1) is 27.6 Å². The molecule has 3 N–H and O–H groups in total. The van der Waals surface area contributed by atoms with E-state index in [1.807, 2.05) is 6.92 Å². The number of aliphatic hydroxyl groups excluding tert-OH is 1. The van der Waals surface area contributed by atoms with E-state index in [0.717, 1.165) is 43.3 Å². The van der Waals surface area contributed by atoms with E-state index < -0.39 is 11.5 Å². The number of aliphatic carboxylic acids is 1. The van der Waals surface area contributed by atoms with Crippen LogP contribution in [0.2, 0.25) is 0 Å². The monoisotopic (exact) mass is 493 g/mol. The van der Waals surface area contributed by atoms with Crippen LogP contribution >= 0.6 is 0 Å². The Morgan fingerprint density at radius 1 is 1.00 bits per heavy atom. The second-order valence-electron chi connectivity index (χ2n) is 13.1. The third-order valence-electron chi connectivity index (χ3n) is 11.5. The standard InChI is InChI=1S/C30H39NO5/c1-17-19-7-8-22-27(4,20(19)15-21(33)24(17)34)11-13-29(6)23-16-30(25(35)36,31-18(2)32)14-10-26(23,3)9-12-28(22,29)5/h7-8,15,23,34H,9-14,16H2,1-6H3,(H,31,32)(H,35,36)/t23-,26+,27+,28-,29+,30+/m1/s1. The van der Waals surface area contributed by atoms with Crippen molar-refractivity contribution in [1.82, 2.24) is 5.32 Å². The lowest BCUT2D eigenvalue weighted by Gasteiger charge is -2.70. The van der Waals surface area contributed by atoms with Crippen LogP contribution in [0.15, 0.2) is 46.3 Å². The van der Waals surface area contributed by atoms with E-state index in [4.69, 9.17) is 0 Å². The van der Waals surface area contributed by atoms with Gasteiger partial charge in [0, 0.05) is 17.9 Å². The first-order valence-electron chi connectivity index (χ1n) is 13.3. The van der Waals surface area contributed by atoms with Crippen molar-refractivity contribution < 1.29 is 24.6 Å². The molecule has 0 aromatic heterocycles. The van der Waals surface area contributed by atoms with E-state index in [0.29, 0.717) is 18.4 Å². The number of nitrogens with one attached hydrogen (secondary N) is 1. The van der Waals surface area contributed by atoms with Gasteiger partial charge in [0.25, 0.3) is 0 Å². The first-order chi connectivity index (χ1) is 16.6. The normalized spacial score (nSPS) is 43.7. The van der Waals surface area contributed by atoms with Gasteiger partial charge in [-0.05, 0) is 91.3 Å². The molecule has 0 aliphatic heterocycles. The molecule has 3 saturated carbocycles. The maximum atomic E-state index is 12.6. The molecule has 1 amide bonds. The van der Waals surface area contributed by atoms with E-state index in [1.165, 1.54) is 12.5 Å². The molecule has 0 bridgehead atoms. The number of fused-ring (bicyclic) bond motifs is 7. The molecule has 6 atom stereocenters. The molecule has 0 radical (unpaired) electrons. The van der Waals surface area contributed by atoms with E-state index in [9.17, 15) is 24.6 Å². The molecule has 0 saturated heterocycles. The van der Waals surface area contributed by atoms with Crippen LogP contribution in [-0.2, 0) is 14.4 Å². The molecular weight excluding hydrogens is 454 g/mol. The number of ketones is 1. The average Bonchev–Trinajstić information content (AvgIpc) is 2.80. The van der Waals surface area contributed by atoms with Crippen LogP contribution in [0.5, 0.6) is 0 Å². The summed E-state index contributed by atoms with van der Waals surface area (Å²) in [7, 11) is 0. The molecule has 5 aliphatic rings. The van der Waals surface area contributed by atoms with Crippen LogP contribution in [-0.4, -0.2) is 33.4 Å². The summed E-state index contributed by atoms with van der Waals surface area (Å²) >= 11 is 0. The van der Waals surface area contributed by atoms with Gasteiger partial charge in [-0.2, -0.15) is 0 Å². The highest BCUT2D eigenvalue weighted by Crippen LogP contribution is 2.75. The van der Waals surface area contributed by atoms with Crippen molar-refractivity contribution in [3.63, 3.8) is 0 Å². The average molecular weight is 494 g/mol. The quantitative estimate of drug-likeness (QED) is 0.467. The summed E-state index contributed by atoms with van der Waals surface area (Å²) < 4.78 is 0. The van der Waals surface area contributed by atoms with Crippen molar-refractivity contribution in [1.29, 1.82) is 0 Å². The highest BCUT2D eigenvalue weighted by atomic mass is 16.4. The Morgan fingerprint density at radius 3 is 2.31 bits per heavy atom. The fourth-order valence-electron chi connectivity index (χ4n) is 8.99. The Labute approximate surface area is 213 Å². The van der Waals surface area contributed by atoms with Gasteiger partial charge in [-0.3, -0.25) is 9.59 Å². The molecule has 5 aliphatic carbocycles. The van der Waals surface area contributed by atoms with Crippen molar-refractivity contribution in [2.24, 2.45) is 27.6 Å². The van der Waals surface area contributed by atoms with Crippen molar-refractivity contribution in [2.75, 3.05) is 0 Å². The highest BCUT2D eigenvalue weighted by Gasteiger charge is 2.68. The fourth-order valence-corrected chi connectivity index (χ4v) is 8.99. The van der Waals surface area contributed by atoms with Gasteiger partial charge in [0.15, 0.2) is 5.76 Å². The summed E-state index contributed by atoms with van der Waals surface area (Å²) in [6, 6.07) is 0. The molecular formula is C30H39NO5. The molecule has 6 nitrogen and oxygen atoms in total. The van der Waals surface area contributed by atoms with Crippen molar-refractivity contribution >= 4 is 17.7 Å². The summed E-state index contributed by atoms with van der Waals surface area (Å²) in [4.78, 5) is 37.3. The topological polar surface area (TPSA) is 104 Å². The molecule has 0 aromatic carbocycles. The van der Waals surface area contributed by atoms with Crippen LogP contribution in [0.1, 0.15) is 86.5 Å². The zero-order valence-corrected chi connectivity index (χ0v) is 22.4. The number of hydrogen-bond acceptors (Lipinski definition) is 4. The second-order valence-corrected chi connectivity index (χ2v) is 13.1. The van der Waals surface area contributed by atoms with Gasteiger partial charge in [-0.15, -0.1) is 0 Å². The van der Waals surface area contributed by atoms with E-state index in [-0.39, 0.29) is 45.0 Å². The fraction of sp³-hybridized carbons (Fsp3) is 0.633. The van der Waals surface area contributed by atoms with Gasteiger partial charge < -0.3 is 15.5 Å². The van der Waals surface area contributed by atoms with Gasteiger partial charge in [-0.25, -0.2) is 4.79 Å². The number of allylic oxidation sites excluding steroid dienone is 7. The Kier molecular flexibility index (Phi) is 5.18. The molecule has 0 spiro atoms. The van der Waals surface area contributed by atoms with Crippen LogP contribution in [0.25, 0.3) is 0 Å². The Bertz CT molecular complexity index is 1220. The SMILES string of the molecule is CC(=O)N[C@@]1(C(=O)O)CC[C@]2(C)CC[C@]3(C)C4=CC=C5C(=CC(=O)C(O)=C5C)[C@]4(C)CC[C@@]3(C)[C@@H]2C1. The first-order valence-corrected chi connectivity index (χ1v) is 13.3. The lowest BCUT2D eigenvalue weighted by molar-refractivity contribution is -0.173. The summed E-state index contributed by atoms with van der Waals surface area (Å²) in [5.74, 6) is -1.60. The zero-order chi connectivity index (χ0) is 26.5. The number of aliphatic hydroxyl groups is 1.